The van der Waals surface area contributed by atoms with Crippen LogP contribution in [0.25, 0.3) is 0 Å². The molecule has 0 bridgehead atoms. The quantitative estimate of drug-likeness (QED) is 0.889. The monoisotopic (exact) mass is 370 g/mol. The van der Waals surface area contributed by atoms with E-state index >= 15 is 0 Å². The average Bonchev–Trinajstić information content (AvgIpc) is 2.94. The molecule has 0 fully saturated rings. The summed E-state index contributed by atoms with van der Waals surface area (Å²) < 4.78 is 41.8. The Morgan fingerprint density at radius 3 is 2.76 bits per heavy atom. The van der Waals surface area contributed by atoms with Gasteiger partial charge < -0.3 is 10.5 Å². The van der Waals surface area contributed by atoms with Crippen molar-refractivity contribution in [2.75, 3.05) is 6.61 Å². The maximum absolute atomic E-state index is 12.4. The number of benzene rings is 1. The van der Waals surface area contributed by atoms with Crippen molar-refractivity contribution in [3.8, 4) is 5.88 Å². The fraction of sp³-hybridized carbons (Fsp3) is 0.294. The number of nitrogens with two attached hydrogens (primary N) is 1. The topological polar surface area (TPSA) is 65.2 Å². The maximum Gasteiger partial charge on any atom is 0.422 e. The lowest BCUT2D eigenvalue weighted by Gasteiger charge is -2.16. The highest BCUT2D eigenvalue weighted by Gasteiger charge is 2.31. The van der Waals surface area contributed by atoms with Crippen LogP contribution in [0.1, 0.15) is 39.5 Å². The van der Waals surface area contributed by atoms with E-state index in [9.17, 15) is 18.0 Å². The van der Waals surface area contributed by atoms with Crippen molar-refractivity contribution >= 4 is 17.5 Å². The van der Waals surface area contributed by atoms with Crippen LogP contribution >= 0.6 is 11.6 Å². The molecule has 1 aromatic carbocycles. The van der Waals surface area contributed by atoms with Crippen LogP contribution in [0.3, 0.4) is 0 Å². The number of carbonyl (C=O) groups is 1. The number of amides is 1. The third-order valence-corrected chi connectivity index (χ3v) is 4.30. The van der Waals surface area contributed by atoms with E-state index in [2.05, 4.69) is 4.98 Å². The van der Waals surface area contributed by atoms with Gasteiger partial charge in [-0.3, -0.25) is 4.79 Å². The molecule has 4 nitrogen and oxygen atoms in total. The standard InChI is InChI=1S/C17H14ClF3N2O2/c18-10-3-1-9-2-4-11(13(9)7-10)15-12(16(22)24)5-6-14(23-15)25-8-17(19,20)21/h1,3,5-7,11H,2,4,8H2,(H2,22,24)/t11-/m1/s1. The predicted molar refractivity (Wildman–Crippen MR) is 85.9 cm³/mol. The van der Waals surface area contributed by atoms with Gasteiger partial charge in [-0.25, -0.2) is 4.98 Å². The van der Waals surface area contributed by atoms with Crippen molar-refractivity contribution < 1.29 is 22.7 Å². The molecule has 132 valence electrons. The fourth-order valence-corrected chi connectivity index (χ4v) is 3.20. The molecular formula is C17H14ClF3N2O2. The molecule has 0 radical (unpaired) electrons. The Morgan fingerprint density at radius 1 is 1.32 bits per heavy atom. The average molecular weight is 371 g/mol. The lowest BCUT2D eigenvalue weighted by atomic mass is 9.93. The zero-order valence-electron chi connectivity index (χ0n) is 12.9. The van der Waals surface area contributed by atoms with Crippen LogP contribution in [0.5, 0.6) is 5.88 Å². The van der Waals surface area contributed by atoms with E-state index in [1.54, 1.807) is 12.1 Å². The number of hydrogen-bond acceptors (Lipinski definition) is 3. The third kappa shape index (κ3) is 3.87. The fourth-order valence-electron chi connectivity index (χ4n) is 3.02. The molecule has 0 unspecified atom stereocenters. The minimum absolute atomic E-state index is 0.164. The van der Waals surface area contributed by atoms with E-state index in [1.165, 1.54) is 12.1 Å². The van der Waals surface area contributed by atoms with E-state index in [0.717, 1.165) is 17.5 Å². The summed E-state index contributed by atoms with van der Waals surface area (Å²) in [6, 6.07) is 8.01. The lowest BCUT2D eigenvalue weighted by molar-refractivity contribution is -0.154. The van der Waals surface area contributed by atoms with Crippen LogP contribution < -0.4 is 10.5 Å². The predicted octanol–water partition coefficient (Wildman–Crippen LogP) is 3.85. The SMILES string of the molecule is NC(=O)c1ccc(OCC(F)(F)F)nc1[C@@H]1CCc2ccc(Cl)cc21. The van der Waals surface area contributed by atoms with Crippen molar-refractivity contribution in [3.63, 3.8) is 0 Å². The number of halogens is 4. The highest BCUT2D eigenvalue weighted by Crippen LogP contribution is 2.40. The maximum atomic E-state index is 12.4. The number of aromatic nitrogens is 1. The summed E-state index contributed by atoms with van der Waals surface area (Å²) in [4.78, 5) is 15.9. The molecule has 0 spiro atoms. The van der Waals surface area contributed by atoms with Gasteiger partial charge in [0.15, 0.2) is 6.61 Å². The first-order valence-electron chi connectivity index (χ1n) is 7.53. The molecule has 1 amide bonds. The molecular weight excluding hydrogens is 357 g/mol. The largest absolute Gasteiger partial charge is 0.468 e. The van der Waals surface area contributed by atoms with Gasteiger partial charge in [0.2, 0.25) is 5.88 Å². The zero-order valence-corrected chi connectivity index (χ0v) is 13.7. The number of ether oxygens (including phenoxy) is 1. The molecule has 2 aromatic rings. The first-order chi connectivity index (χ1) is 11.7. The number of pyridine rings is 1. The Labute approximate surface area is 146 Å². The second kappa shape index (κ2) is 6.55. The Balaban J connectivity index is 2.00. The minimum Gasteiger partial charge on any atom is -0.468 e. The summed E-state index contributed by atoms with van der Waals surface area (Å²) in [5.41, 5.74) is 7.84. The molecule has 1 heterocycles. The van der Waals surface area contributed by atoms with E-state index in [4.69, 9.17) is 22.1 Å². The molecule has 1 aromatic heterocycles. The molecule has 0 saturated carbocycles. The second-order valence-electron chi connectivity index (χ2n) is 5.78. The van der Waals surface area contributed by atoms with Crippen LogP contribution in [0.15, 0.2) is 30.3 Å². The van der Waals surface area contributed by atoms with Crippen LogP contribution in [0.2, 0.25) is 5.02 Å². The second-order valence-corrected chi connectivity index (χ2v) is 6.22. The van der Waals surface area contributed by atoms with Gasteiger partial charge in [0.05, 0.1) is 11.3 Å². The van der Waals surface area contributed by atoms with Crippen LogP contribution in [-0.4, -0.2) is 23.7 Å². The molecule has 1 aliphatic carbocycles. The van der Waals surface area contributed by atoms with Gasteiger partial charge in [0.25, 0.3) is 5.91 Å². The summed E-state index contributed by atoms with van der Waals surface area (Å²) >= 11 is 6.05. The minimum atomic E-state index is -4.47. The molecule has 0 saturated heterocycles. The first-order valence-corrected chi connectivity index (χ1v) is 7.91. The number of aryl methyl sites for hydroxylation is 1. The molecule has 3 rings (SSSR count). The highest BCUT2D eigenvalue weighted by atomic mass is 35.5. The van der Waals surface area contributed by atoms with Gasteiger partial charge in [-0.15, -0.1) is 0 Å². The Bertz CT molecular complexity index is 824. The van der Waals surface area contributed by atoms with Gasteiger partial charge in [0, 0.05) is 17.0 Å². The van der Waals surface area contributed by atoms with Crippen molar-refractivity contribution in [3.05, 3.63) is 57.7 Å². The van der Waals surface area contributed by atoms with E-state index in [0.29, 0.717) is 17.1 Å². The van der Waals surface area contributed by atoms with Gasteiger partial charge in [0.1, 0.15) is 0 Å². The van der Waals surface area contributed by atoms with Crippen LogP contribution in [0, 0.1) is 0 Å². The molecule has 1 atom stereocenters. The van der Waals surface area contributed by atoms with Crippen LogP contribution in [0.4, 0.5) is 13.2 Å². The van der Waals surface area contributed by atoms with Crippen molar-refractivity contribution in [1.29, 1.82) is 0 Å². The molecule has 25 heavy (non-hydrogen) atoms. The number of fused-ring (bicyclic) bond motifs is 1. The number of alkyl halides is 3. The van der Waals surface area contributed by atoms with Gasteiger partial charge in [-0.2, -0.15) is 13.2 Å². The smallest absolute Gasteiger partial charge is 0.422 e. The summed E-state index contributed by atoms with van der Waals surface area (Å²) in [5, 5.41) is 0.538. The Kier molecular flexibility index (Phi) is 4.60. The van der Waals surface area contributed by atoms with Gasteiger partial charge in [-0.05, 0) is 42.2 Å². The molecule has 8 heteroatoms. The summed E-state index contributed by atoms with van der Waals surface area (Å²) in [6.07, 6.45) is -3.06. The number of hydrogen-bond donors (Lipinski definition) is 1. The van der Waals surface area contributed by atoms with Crippen molar-refractivity contribution in [2.45, 2.75) is 24.9 Å². The number of nitrogens with zero attached hydrogens (tertiary/aromatic N) is 1. The highest BCUT2D eigenvalue weighted by molar-refractivity contribution is 6.30. The number of carbonyl (C=O) groups excluding carboxylic acids is 1. The first kappa shape index (κ1) is 17.5. The van der Waals surface area contributed by atoms with Crippen molar-refractivity contribution in [2.24, 2.45) is 5.73 Å². The Hall–Kier alpha value is -2.28. The van der Waals surface area contributed by atoms with Crippen molar-refractivity contribution in [1.82, 2.24) is 4.98 Å². The molecule has 0 aliphatic heterocycles. The number of rotatable bonds is 4. The summed E-state index contributed by atoms with van der Waals surface area (Å²) in [6.45, 7) is -1.46. The Morgan fingerprint density at radius 2 is 2.08 bits per heavy atom. The zero-order chi connectivity index (χ0) is 18.2. The summed E-state index contributed by atoms with van der Waals surface area (Å²) in [5.74, 6) is -1.17. The van der Waals surface area contributed by atoms with E-state index < -0.39 is 18.7 Å². The molecule has 1 aliphatic rings. The normalized spacial score (nSPS) is 16.6. The number of primary amides is 1. The van der Waals surface area contributed by atoms with Gasteiger partial charge in [-0.1, -0.05) is 17.7 Å². The third-order valence-electron chi connectivity index (χ3n) is 4.06. The van der Waals surface area contributed by atoms with E-state index in [1.807, 2.05) is 6.07 Å². The van der Waals surface area contributed by atoms with E-state index in [-0.39, 0.29) is 17.4 Å². The molecule has 2 N–H and O–H groups in total. The van der Waals surface area contributed by atoms with Gasteiger partial charge >= 0.3 is 6.18 Å². The van der Waals surface area contributed by atoms with Crippen LogP contribution in [-0.2, 0) is 6.42 Å². The lowest BCUT2D eigenvalue weighted by Crippen LogP contribution is -2.21. The summed E-state index contributed by atoms with van der Waals surface area (Å²) in [7, 11) is 0.